The predicted molar refractivity (Wildman–Crippen MR) is 33.7 cm³/mol. The number of rotatable bonds is 4. The van der Waals surface area contributed by atoms with Crippen LogP contribution in [-0.4, -0.2) is 30.1 Å². The van der Waals surface area contributed by atoms with Gasteiger partial charge in [-0.1, -0.05) is 15.9 Å². The van der Waals surface area contributed by atoms with E-state index in [9.17, 15) is 0 Å². The number of aliphatic hydroxyl groups is 1. The Kier molecular flexibility index (Phi) is 6.77. The van der Waals surface area contributed by atoms with Crippen LogP contribution in [0.3, 0.4) is 0 Å². The van der Waals surface area contributed by atoms with Gasteiger partial charge < -0.3 is 10.4 Å². The lowest BCUT2D eigenvalue weighted by atomic mass is 10.6. The van der Waals surface area contributed by atoms with Crippen LogP contribution in [0.1, 0.15) is 0 Å². The van der Waals surface area contributed by atoms with E-state index in [0.717, 1.165) is 11.9 Å². The van der Waals surface area contributed by atoms with Crippen LogP contribution >= 0.6 is 15.9 Å². The van der Waals surface area contributed by atoms with Crippen molar-refractivity contribution in [2.75, 3.05) is 25.0 Å². The van der Waals surface area contributed by atoms with Gasteiger partial charge in [0, 0.05) is 18.4 Å². The molecule has 3 heteroatoms. The lowest BCUT2D eigenvalue weighted by molar-refractivity contribution is 0.294. The number of alkyl halides is 1. The van der Waals surface area contributed by atoms with Crippen molar-refractivity contribution in [2.45, 2.75) is 0 Å². The molecule has 2 nitrogen and oxygen atoms in total. The van der Waals surface area contributed by atoms with Gasteiger partial charge in [-0.25, -0.2) is 0 Å². The van der Waals surface area contributed by atoms with Crippen molar-refractivity contribution in [3.05, 3.63) is 0 Å². The first kappa shape index (κ1) is 7.40. The molecule has 0 heterocycles. The van der Waals surface area contributed by atoms with Gasteiger partial charge in [0.2, 0.25) is 0 Å². The molecule has 0 aromatic carbocycles. The van der Waals surface area contributed by atoms with Crippen molar-refractivity contribution in [3.8, 4) is 0 Å². The summed E-state index contributed by atoms with van der Waals surface area (Å²) in [6.07, 6.45) is 0. The van der Waals surface area contributed by atoms with E-state index < -0.39 is 0 Å². The first-order chi connectivity index (χ1) is 3.41. The minimum Gasteiger partial charge on any atom is -0.395 e. The molecule has 0 fully saturated rings. The first-order valence-corrected chi connectivity index (χ1v) is 3.41. The summed E-state index contributed by atoms with van der Waals surface area (Å²) in [5.41, 5.74) is 0. The molecule has 0 aliphatic rings. The Bertz CT molecular complexity index is 30.9. The van der Waals surface area contributed by atoms with E-state index in [2.05, 4.69) is 21.2 Å². The topological polar surface area (TPSA) is 32.3 Å². The Morgan fingerprint density at radius 2 is 2.14 bits per heavy atom. The van der Waals surface area contributed by atoms with Crippen LogP contribution in [0.2, 0.25) is 0 Å². The molecule has 0 aliphatic carbocycles. The minimum atomic E-state index is 0.229. The third kappa shape index (κ3) is 6.40. The largest absolute Gasteiger partial charge is 0.395 e. The van der Waals surface area contributed by atoms with Gasteiger partial charge in [-0.2, -0.15) is 0 Å². The number of aliphatic hydroxyl groups excluding tert-OH is 1. The maximum Gasteiger partial charge on any atom is 0.0555 e. The smallest absolute Gasteiger partial charge is 0.0555 e. The number of halogens is 1. The molecule has 0 bridgehead atoms. The van der Waals surface area contributed by atoms with Crippen molar-refractivity contribution < 1.29 is 5.11 Å². The second-order valence-electron chi connectivity index (χ2n) is 1.16. The van der Waals surface area contributed by atoms with Crippen LogP contribution in [0.5, 0.6) is 0 Å². The van der Waals surface area contributed by atoms with Crippen LogP contribution in [-0.2, 0) is 0 Å². The highest BCUT2D eigenvalue weighted by atomic mass is 79.9. The highest BCUT2D eigenvalue weighted by molar-refractivity contribution is 9.09. The summed E-state index contributed by atoms with van der Waals surface area (Å²) in [5.74, 6) is 0. The zero-order valence-corrected chi connectivity index (χ0v) is 5.74. The van der Waals surface area contributed by atoms with Crippen molar-refractivity contribution >= 4 is 15.9 Å². The molecule has 44 valence electrons. The maximum absolute atomic E-state index is 8.22. The summed E-state index contributed by atoms with van der Waals surface area (Å²) in [5, 5.41) is 12.2. The van der Waals surface area contributed by atoms with Gasteiger partial charge >= 0.3 is 0 Å². The normalized spacial score (nSPS) is 9.43. The summed E-state index contributed by atoms with van der Waals surface area (Å²) in [6, 6.07) is 0. The average Bonchev–Trinajstić information content (AvgIpc) is 1.69. The van der Waals surface area contributed by atoms with Gasteiger partial charge in [0.25, 0.3) is 0 Å². The van der Waals surface area contributed by atoms with Gasteiger partial charge in [-0.05, 0) is 0 Å². The zero-order valence-electron chi connectivity index (χ0n) is 4.15. The Balaban J connectivity index is 2.45. The summed E-state index contributed by atoms with van der Waals surface area (Å²) < 4.78 is 0. The van der Waals surface area contributed by atoms with E-state index in [0.29, 0.717) is 6.54 Å². The number of hydrogen-bond donors (Lipinski definition) is 2. The van der Waals surface area contributed by atoms with Crippen LogP contribution < -0.4 is 5.32 Å². The van der Waals surface area contributed by atoms with Crippen molar-refractivity contribution in [1.82, 2.24) is 5.32 Å². The molecular weight excluding hydrogens is 158 g/mol. The summed E-state index contributed by atoms with van der Waals surface area (Å²) >= 11 is 3.24. The molecule has 0 saturated carbocycles. The molecular formula is C4H10BrNO. The lowest BCUT2D eigenvalue weighted by Gasteiger charge is -1.94. The van der Waals surface area contributed by atoms with E-state index in [1.54, 1.807) is 0 Å². The fraction of sp³-hybridized carbons (Fsp3) is 1.00. The van der Waals surface area contributed by atoms with Crippen LogP contribution in [0.25, 0.3) is 0 Å². The van der Waals surface area contributed by atoms with Crippen LogP contribution in [0.15, 0.2) is 0 Å². The maximum atomic E-state index is 8.22. The van der Waals surface area contributed by atoms with Gasteiger partial charge in [0.15, 0.2) is 0 Å². The molecule has 0 unspecified atom stereocenters. The van der Waals surface area contributed by atoms with Gasteiger partial charge in [-0.3, -0.25) is 0 Å². The fourth-order valence-electron chi connectivity index (χ4n) is 0.271. The molecule has 0 rings (SSSR count). The standard InChI is InChI=1S/C4H10BrNO/c5-1-2-6-3-4-7/h6-7H,1-4H2. The molecule has 0 spiro atoms. The highest BCUT2D eigenvalue weighted by Crippen LogP contribution is 1.72. The first-order valence-electron chi connectivity index (χ1n) is 2.29. The molecule has 0 radical (unpaired) electrons. The Hall–Kier alpha value is 0.400. The Morgan fingerprint density at radius 3 is 2.57 bits per heavy atom. The predicted octanol–water partition coefficient (Wildman–Crippen LogP) is -0.0368. The Morgan fingerprint density at radius 1 is 1.43 bits per heavy atom. The zero-order chi connectivity index (χ0) is 5.54. The quantitative estimate of drug-likeness (QED) is 0.456. The molecule has 7 heavy (non-hydrogen) atoms. The minimum absolute atomic E-state index is 0.229. The number of hydrogen-bond acceptors (Lipinski definition) is 2. The van der Waals surface area contributed by atoms with Gasteiger partial charge in [0.05, 0.1) is 6.61 Å². The summed E-state index contributed by atoms with van der Waals surface area (Å²) in [4.78, 5) is 0. The third-order valence-electron chi connectivity index (χ3n) is 0.560. The van der Waals surface area contributed by atoms with Crippen molar-refractivity contribution in [1.29, 1.82) is 0 Å². The van der Waals surface area contributed by atoms with Crippen molar-refractivity contribution in [3.63, 3.8) is 0 Å². The summed E-state index contributed by atoms with van der Waals surface area (Å²) in [7, 11) is 0. The average molecular weight is 168 g/mol. The fourth-order valence-corrected chi connectivity index (χ4v) is 0.551. The molecule has 0 saturated heterocycles. The van der Waals surface area contributed by atoms with E-state index in [1.807, 2.05) is 0 Å². The van der Waals surface area contributed by atoms with E-state index in [-0.39, 0.29) is 6.61 Å². The van der Waals surface area contributed by atoms with Crippen LogP contribution in [0, 0.1) is 0 Å². The second-order valence-corrected chi connectivity index (χ2v) is 1.96. The SMILES string of the molecule is OCCNCCBr. The monoisotopic (exact) mass is 167 g/mol. The van der Waals surface area contributed by atoms with E-state index in [1.165, 1.54) is 0 Å². The Labute approximate surface area is 52.0 Å². The highest BCUT2D eigenvalue weighted by Gasteiger charge is 1.78. The number of nitrogens with one attached hydrogen (secondary N) is 1. The van der Waals surface area contributed by atoms with Gasteiger partial charge in [-0.15, -0.1) is 0 Å². The second kappa shape index (κ2) is 6.40. The van der Waals surface area contributed by atoms with E-state index >= 15 is 0 Å². The summed E-state index contributed by atoms with van der Waals surface area (Å²) in [6.45, 7) is 1.86. The molecule has 0 aliphatic heterocycles. The molecule has 0 aromatic rings. The molecule has 2 N–H and O–H groups in total. The van der Waals surface area contributed by atoms with Gasteiger partial charge in [0.1, 0.15) is 0 Å². The molecule has 0 amide bonds. The lowest BCUT2D eigenvalue weighted by Crippen LogP contribution is -2.19. The molecule has 0 aromatic heterocycles. The van der Waals surface area contributed by atoms with E-state index in [4.69, 9.17) is 5.11 Å². The third-order valence-corrected chi connectivity index (χ3v) is 0.956. The van der Waals surface area contributed by atoms with Crippen molar-refractivity contribution in [2.24, 2.45) is 0 Å². The van der Waals surface area contributed by atoms with Crippen LogP contribution in [0.4, 0.5) is 0 Å². The molecule has 0 atom stereocenters.